The third-order valence-electron chi connectivity index (χ3n) is 3.32. The van der Waals surface area contributed by atoms with Gasteiger partial charge in [-0.25, -0.2) is 0 Å². The Morgan fingerprint density at radius 3 is 1.55 bits per heavy atom. The van der Waals surface area contributed by atoms with Crippen LogP contribution in [0.2, 0.25) is 0 Å². The zero-order chi connectivity index (χ0) is 21.4. The molecular formula is C21H36N3O3S3Y3-3. The van der Waals surface area contributed by atoms with Crippen molar-refractivity contribution >= 4 is 53.0 Å². The molecule has 0 bridgehead atoms. The van der Waals surface area contributed by atoms with Crippen LogP contribution < -0.4 is 0 Å². The molecule has 0 aliphatic heterocycles. The number of hydrogen-bond donors (Lipinski definition) is 0. The molecule has 0 aromatic carbocycles. The Labute approximate surface area is 289 Å². The third-order valence-corrected chi connectivity index (χ3v) is 6.72. The molecule has 6 nitrogen and oxygen atoms in total. The van der Waals surface area contributed by atoms with E-state index >= 15 is 0 Å². The van der Waals surface area contributed by atoms with Crippen LogP contribution in [0.3, 0.4) is 0 Å². The molecule has 2 aliphatic carbocycles. The number of rotatable bonds is 9. The standard InChI is InChI=1S/C7H13NOS.C7H9NOS.C5H9NOS.2CH4.3Y/c2*8-7(9)5-10-6-3-1-2-4-6;1-4(2)8-3-5(6)7;;;;;/h6H,1-5H2,(H2,8,9);1-4,6H,5H2,(H2,8,9);1,3H2,2H3,(H2,6,7);2*1H4;;;/p-3. The number of hydrogen-bond acceptors (Lipinski definition) is 6. The van der Waals surface area contributed by atoms with Crippen molar-refractivity contribution in [3.63, 3.8) is 0 Å². The Kier molecular flexibility index (Phi) is 46.7. The van der Waals surface area contributed by atoms with Gasteiger partial charge in [0.2, 0.25) is 0 Å². The van der Waals surface area contributed by atoms with Crippen molar-refractivity contribution < 1.29 is 113 Å². The monoisotopic (exact) mass is 741 g/mol. The van der Waals surface area contributed by atoms with Gasteiger partial charge in [0.15, 0.2) is 0 Å². The summed E-state index contributed by atoms with van der Waals surface area (Å²) in [6, 6.07) is 0. The van der Waals surface area contributed by atoms with Crippen LogP contribution in [0.4, 0.5) is 0 Å². The van der Waals surface area contributed by atoms with Gasteiger partial charge < -0.3 is 31.6 Å². The zero-order valence-electron chi connectivity index (χ0n) is 17.8. The van der Waals surface area contributed by atoms with Gasteiger partial charge in [-0.3, -0.25) is 0 Å². The number of carbonyl (C=O) groups excluding carboxylic acids is 3. The molecule has 0 aromatic heterocycles. The van der Waals surface area contributed by atoms with E-state index in [-0.39, 0.29) is 119 Å². The first-order valence-electron chi connectivity index (χ1n) is 8.80. The molecule has 0 spiro atoms. The molecule has 0 saturated heterocycles. The maximum atomic E-state index is 10.2. The number of allylic oxidation sites excluding steroid dienone is 3. The van der Waals surface area contributed by atoms with Gasteiger partial charge in [0.1, 0.15) is 0 Å². The van der Waals surface area contributed by atoms with Gasteiger partial charge in [0, 0.05) is 126 Å². The molecule has 0 heterocycles. The Morgan fingerprint density at radius 2 is 1.21 bits per heavy atom. The van der Waals surface area contributed by atoms with E-state index in [2.05, 4.69) is 6.58 Å². The first-order chi connectivity index (χ1) is 13.2. The normalized spacial score (nSPS) is 13.0. The minimum atomic E-state index is -0.544. The fourth-order valence-corrected chi connectivity index (χ4v) is 4.31. The maximum absolute atomic E-state index is 10.2. The van der Waals surface area contributed by atoms with E-state index in [1.165, 1.54) is 49.2 Å². The van der Waals surface area contributed by atoms with E-state index in [0.717, 1.165) is 4.91 Å². The molecule has 1 saturated carbocycles. The summed E-state index contributed by atoms with van der Waals surface area (Å²) in [6.45, 7) is 5.37. The average molecular weight is 741 g/mol. The average Bonchev–Trinajstić information content (AvgIpc) is 3.31. The molecule has 33 heavy (non-hydrogen) atoms. The second-order valence-corrected chi connectivity index (χ2v) is 9.75. The van der Waals surface area contributed by atoms with E-state index in [1.807, 2.05) is 31.2 Å². The number of carbonyl (C=O) groups is 3. The molecule has 3 N–H and O–H groups in total. The minimum absolute atomic E-state index is 0. The summed E-state index contributed by atoms with van der Waals surface area (Å²) in [7, 11) is 0. The van der Waals surface area contributed by atoms with Crippen LogP contribution in [-0.2, 0) is 113 Å². The van der Waals surface area contributed by atoms with E-state index in [4.69, 9.17) is 17.2 Å². The predicted molar refractivity (Wildman–Crippen MR) is 138 cm³/mol. The zero-order valence-corrected chi connectivity index (χ0v) is 28.8. The summed E-state index contributed by atoms with van der Waals surface area (Å²) < 4.78 is 0. The minimum Gasteiger partial charge on any atom is -0.667 e. The van der Waals surface area contributed by atoms with Crippen LogP contribution >= 0.6 is 35.3 Å². The Balaban J connectivity index is -0.0000000776. The van der Waals surface area contributed by atoms with Crippen LogP contribution in [0.5, 0.6) is 0 Å². The number of thioether (sulfide) groups is 3. The molecule has 3 radical (unpaired) electrons. The summed E-state index contributed by atoms with van der Waals surface area (Å²) in [5, 5.41) is 0.989. The van der Waals surface area contributed by atoms with E-state index < -0.39 is 17.7 Å². The molecular weight excluding hydrogens is 705 g/mol. The molecule has 0 atom stereocenters. The Morgan fingerprint density at radius 1 is 0.818 bits per heavy atom. The van der Waals surface area contributed by atoms with Gasteiger partial charge in [0.25, 0.3) is 0 Å². The van der Waals surface area contributed by atoms with Gasteiger partial charge in [-0.1, -0.05) is 58.6 Å². The van der Waals surface area contributed by atoms with E-state index in [1.54, 1.807) is 11.8 Å². The second-order valence-electron chi connectivity index (χ2n) is 6.02. The van der Waals surface area contributed by atoms with Crippen LogP contribution in [0, 0.1) is 0 Å². The predicted octanol–water partition coefficient (Wildman–Crippen LogP) is 7.13. The fourth-order valence-electron chi connectivity index (χ4n) is 2.13. The van der Waals surface area contributed by atoms with Gasteiger partial charge in [-0.2, -0.15) is 11.8 Å². The molecule has 2 rings (SSSR count). The van der Waals surface area contributed by atoms with Crippen molar-refractivity contribution in [2.24, 2.45) is 0 Å². The van der Waals surface area contributed by atoms with Crippen molar-refractivity contribution in [3.05, 3.63) is 53.0 Å². The second kappa shape index (κ2) is 32.0. The van der Waals surface area contributed by atoms with Crippen molar-refractivity contribution in [2.75, 3.05) is 17.3 Å². The quantitative estimate of drug-likeness (QED) is 0.248. The summed E-state index contributed by atoms with van der Waals surface area (Å²) in [5.41, 5.74) is 19.8. The van der Waals surface area contributed by atoms with E-state index in [0.29, 0.717) is 22.0 Å². The van der Waals surface area contributed by atoms with Crippen LogP contribution in [-0.4, -0.2) is 45.5 Å². The smallest absolute Gasteiger partial charge is 0.0592 e. The topological polar surface area (TPSA) is 123 Å². The molecule has 0 unspecified atom stereocenters. The van der Waals surface area contributed by atoms with Crippen LogP contribution in [0.15, 0.2) is 35.8 Å². The Bertz CT molecular complexity index is 564. The molecule has 0 aromatic rings. The van der Waals surface area contributed by atoms with Crippen molar-refractivity contribution in [1.29, 1.82) is 0 Å². The molecule has 3 amide bonds. The Hall–Kier alpha value is 1.99. The summed E-state index contributed by atoms with van der Waals surface area (Å²) in [6.07, 6.45) is 13.0. The van der Waals surface area contributed by atoms with Crippen LogP contribution in [0.25, 0.3) is 17.2 Å². The van der Waals surface area contributed by atoms with Gasteiger partial charge >= 0.3 is 0 Å². The molecule has 12 heteroatoms. The molecule has 183 valence electrons. The first-order valence-corrected chi connectivity index (χ1v) is 11.9. The van der Waals surface area contributed by atoms with E-state index in [9.17, 15) is 14.4 Å². The molecule has 1 fully saturated rings. The fraction of sp³-hybridized carbons (Fsp3) is 0.571. The molecule has 2 aliphatic rings. The summed E-state index contributed by atoms with van der Waals surface area (Å²) in [4.78, 5) is 31.3. The number of amides is 3. The first kappa shape index (κ1) is 48.1. The van der Waals surface area contributed by atoms with Crippen LogP contribution in [0.1, 0.15) is 47.5 Å². The van der Waals surface area contributed by atoms with Crippen molar-refractivity contribution in [3.8, 4) is 0 Å². The van der Waals surface area contributed by atoms with Crippen molar-refractivity contribution in [2.45, 2.75) is 58.0 Å². The number of nitrogens with one attached hydrogen (secondary N) is 3. The summed E-state index contributed by atoms with van der Waals surface area (Å²) >= 11 is 4.44. The third kappa shape index (κ3) is 36.2. The van der Waals surface area contributed by atoms with Gasteiger partial charge in [-0.05, 0) is 24.7 Å². The SMILES string of the molecule is C.C.C=C(C)SCC([NH-])=O.[NH-]C(=O)CSC1C=CC=C1.[NH-]C(=O)CSC1CCCC1.[Y].[Y].[Y]. The maximum Gasteiger partial charge on any atom is 0.0592 e. The van der Waals surface area contributed by atoms with Gasteiger partial charge in [-0.15, -0.1) is 23.5 Å². The largest absolute Gasteiger partial charge is 0.667 e. The van der Waals surface area contributed by atoms with Gasteiger partial charge in [0.05, 0.1) is 17.7 Å². The summed E-state index contributed by atoms with van der Waals surface area (Å²) in [5.74, 6) is -0.562. The van der Waals surface area contributed by atoms with Crippen molar-refractivity contribution in [1.82, 2.24) is 0 Å².